The van der Waals surface area contributed by atoms with Gasteiger partial charge in [0.1, 0.15) is 5.75 Å². The number of aliphatic hydroxyl groups excluding tert-OH is 1. The molecule has 0 saturated carbocycles. The summed E-state index contributed by atoms with van der Waals surface area (Å²) in [7, 11) is 2.90. The number of benzene rings is 1. The first kappa shape index (κ1) is 15.8. The lowest BCUT2D eigenvalue weighted by atomic mass is 10.0. The van der Waals surface area contributed by atoms with E-state index in [2.05, 4.69) is 9.64 Å². The molecule has 21 heavy (non-hydrogen) atoms. The van der Waals surface area contributed by atoms with Crippen molar-refractivity contribution in [2.75, 3.05) is 27.3 Å². The van der Waals surface area contributed by atoms with Crippen LogP contribution in [-0.4, -0.2) is 43.3 Å². The molecule has 0 aromatic heterocycles. The van der Waals surface area contributed by atoms with Crippen LogP contribution in [0.3, 0.4) is 0 Å². The lowest BCUT2D eigenvalue weighted by Gasteiger charge is -2.27. The highest BCUT2D eigenvalue weighted by molar-refractivity contribution is 5.76. The monoisotopic (exact) mass is 293 g/mol. The van der Waals surface area contributed by atoms with Crippen LogP contribution in [0.25, 0.3) is 0 Å². The first-order chi connectivity index (χ1) is 10.2. The van der Waals surface area contributed by atoms with Crippen LogP contribution >= 0.6 is 0 Å². The fourth-order valence-electron chi connectivity index (χ4n) is 2.70. The molecular formula is C16H23NO4. The first-order valence-electron chi connectivity index (χ1n) is 7.30. The van der Waals surface area contributed by atoms with Crippen LogP contribution < -0.4 is 4.74 Å². The van der Waals surface area contributed by atoms with E-state index in [0.29, 0.717) is 5.56 Å². The number of esters is 1. The van der Waals surface area contributed by atoms with Crippen molar-refractivity contribution in [2.24, 2.45) is 0 Å². The summed E-state index contributed by atoms with van der Waals surface area (Å²) >= 11 is 0. The van der Waals surface area contributed by atoms with Crippen LogP contribution in [0.4, 0.5) is 0 Å². The number of rotatable bonds is 5. The molecule has 1 unspecified atom stereocenters. The van der Waals surface area contributed by atoms with Gasteiger partial charge in [-0.25, -0.2) is 4.79 Å². The summed E-state index contributed by atoms with van der Waals surface area (Å²) in [5.74, 6) is 0.130. The molecule has 0 spiro atoms. The summed E-state index contributed by atoms with van der Waals surface area (Å²) in [6, 6.07) is 5.32. The molecule has 1 fully saturated rings. The number of ether oxygens (including phenoxy) is 2. The van der Waals surface area contributed by atoms with Crippen molar-refractivity contribution in [1.29, 1.82) is 0 Å². The molecule has 1 saturated heterocycles. The molecule has 1 atom stereocenters. The minimum absolute atomic E-state index is 0.537. The van der Waals surface area contributed by atoms with E-state index in [0.717, 1.165) is 30.9 Å². The van der Waals surface area contributed by atoms with E-state index in [9.17, 15) is 9.90 Å². The molecule has 1 aromatic carbocycles. The second-order valence-corrected chi connectivity index (χ2v) is 5.33. The SMILES string of the molecule is COC(=O)C(O)c1ccc(OC)c(CN2CCCCC2)c1. The Balaban J connectivity index is 2.18. The molecule has 1 aromatic rings. The van der Waals surface area contributed by atoms with Gasteiger partial charge in [-0.05, 0) is 43.6 Å². The van der Waals surface area contributed by atoms with Crippen molar-refractivity contribution in [1.82, 2.24) is 4.90 Å². The average molecular weight is 293 g/mol. The average Bonchev–Trinajstić information content (AvgIpc) is 2.54. The minimum atomic E-state index is -1.25. The summed E-state index contributed by atoms with van der Waals surface area (Å²) in [5.41, 5.74) is 1.52. The summed E-state index contributed by atoms with van der Waals surface area (Å²) in [6.45, 7) is 2.92. The Hall–Kier alpha value is -1.59. The molecule has 0 aliphatic carbocycles. The Bertz CT molecular complexity index is 483. The van der Waals surface area contributed by atoms with E-state index in [1.807, 2.05) is 6.07 Å². The minimum Gasteiger partial charge on any atom is -0.496 e. The molecule has 1 aliphatic heterocycles. The first-order valence-corrected chi connectivity index (χ1v) is 7.30. The van der Waals surface area contributed by atoms with Crippen LogP contribution in [-0.2, 0) is 16.1 Å². The van der Waals surface area contributed by atoms with Gasteiger partial charge in [-0.15, -0.1) is 0 Å². The highest BCUT2D eigenvalue weighted by Crippen LogP contribution is 2.26. The fourth-order valence-corrected chi connectivity index (χ4v) is 2.70. The molecule has 2 rings (SSSR count). The molecule has 5 heteroatoms. The van der Waals surface area contributed by atoms with Crippen LogP contribution in [0.5, 0.6) is 5.75 Å². The number of hydrogen-bond donors (Lipinski definition) is 1. The number of aliphatic hydroxyl groups is 1. The standard InChI is InChI=1S/C16H23NO4/c1-20-14-7-6-12(15(18)16(19)21-2)10-13(14)11-17-8-4-3-5-9-17/h6-7,10,15,18H,3-5,8-9,11H2,1-2H3. The van der Waals surface area contributed by atoms with E-state index < -0.39 is 12.1 Å². The largest absolute Gasteiger partial charge is 0.496 e. The van der Waals surface area contributed by atoms with Gasteiger partial charge in [0.2, 0.25) is 0 Å². The Morgan fingerprint density at radius 2 is 2.00 bits per heavy atom. The van der Waals surface area contributed by atoms with Gasteiger partial charge in [0, 0.05) is 12.1 Å². The van der Waals surface area contributed by atoms with Gasteiger partial charge in [0.05, 0.1) is 14.2 Å². The van der Waals surface area contributed by atoms with Crippen LogP contribution in [0.1, 0.15) is 36.5 Å². The third-order valence-electron chi connectivity index (χ3n) is 3.89. The Morgan fingerprint density at radius 3 is 2.62 bits per heavy atom. The summed E-state index contributed by atoms with van der Waals surface area (Å²) in [4.78, 5) is 13.8. The van der Waals surface area contributed by atoms with E-state index in [1.54, 1.807) is 19.2 Å². The van der Waals surface area contributed by atoms with Gasteiger partial charge < -0.3 is 14.6 Å². The van der Waals surface area contributed by atoms with E-state index in [1.165, 1.54) is 26.4 Å². The Morgan fingerprint density at radius 1 is 1.29 bits per heavy atom. The third-order valence-corrected chi connectivity index (χ3v) is 3.89. The summed E-state index contributed by atoms with van der Waals surface area (Å²) < 4.78 is 9.97. The highest BCUT2D eigenvalue weighted by Gasteiger charge is 2.20. The van der Waals surface area contributed by atoms with Crippen LogP contribution in [0.15, 0.2) is 18.2 Å². The number of hydrogen-bond acceptors (Lipinski definition) is 5. The zero-order valence-corrected chi connectivity index (χ0v) is 12.7. The molecule has 0 radical (unpaired) electrons. The molecule has 1 heterocycles. The van der Waals surface area contributed by atoms with Gasteiger partial charge in [-0.1, -0.05) is 12.5 Å². The summed E-state index contributed by atoms with van der Waals surface area (Å²) in [5, 5.41) is 9.95. The molecule has 116 valence electrons. The lowest BCUT2D eigenvalue weighted by Crippen LogP contribution is -2.29. The van der Waals surface area contributed by atoms with Crippen molar-refractivity contribution in [3.63, 3.8) is 0 Å². The zero-order chi connectivity index (χ0) is 15.2. The second-order valence-electron chi connectivity index (χ2n) is 5.33. The molecule has 0 bridgehead atoms. The van der Waals surface area contributed by atoms with Crippen molar-refractivity contribution < 1.29 is 19.4 Å². The Kier molecular flexibility index (Phi) is 5.59. The topological polar surface area (TPSA) is 59.0 Å². The Labute approximate surface area is 125 Å². The molecule has 1 aliphatic rings. The van der Waals surface area contributed by atoms with Gasteiger partial charge in [-0.3, -0.25) is 4.90 Å². The highest BCUT2D eigenvalue weighted by atomic mass is 16.5. The zero-order valence-electron chi connectivity index (χ0n) is 12.7. The second kappa shape index (κ2) is 7.43. The molecular weight excluding hydrogens is 270 g/mol. The smallest absolute Gasteiger partial charge is 0.339 e. The number of carbonyl (C=O) groups excluding carboxylic acids is 1. The lowest BCUT2D eigenvalue weighted by molar-refractivity contribution is -0.150. The third kappa shape index (κ3) is 3.95. The quantitative estimate of drug-likeness (QED) is 0.840. The fraction of sp³-hybridized carbons (Fsp3) is 0.562. The van der Waals surface area contributed by atoms with Crippen molar-refractivity contribution in [3.8, 4) is 5.75 Å². The molecule has 0 amide bonds. The van der Waals surface area contributed by atoms with Crippen molar-refractivity contribution >= 4 is 5.97 Å². The maximum atomic E-state index is 11.5. The van der Waals surface area contributed by atoms with Gasteiger partial charge in [0.15, 0.2) is 6.10 Å². The summed E-state index contributed by atoms with van der Waals surface area (Å²) in [6.07, 6.45) is 2.47. The number of piperidine rings is 1. The maximum absolute atomic E-state index is 11.5. The van der Waals surface area contributed by atoms with Gasteiger partial charge >= 0.3 is 5.97 Å². The predicted molar refractivity (Wildman–Crippen MR) is 79.1 cm³/mol. The predicted octanol–water partition coefficient (Wildman–Crippen LogP) is 1.89. The normalized spacial score (nSPS) is 17.3. The van der Waals surface area contributed by atoms with Crippen LogP contribution in [0, 0.1) is 0 Å². The number of nitrogens with zero attached hydrogens (tertiary/aromatic N) is 1. The van der Waals surface area contributed by atoms with Crippen molar-refractivity contribution in [2.45, 2.75) is 31.9 Å². The number of methoxy groups -OCH3 is 2. The molecule has 1 N–H and O–H groups in total. The van der Waals surface area contributed by atoms with E-state index in [-0.39, 0.29) is 0 Å². The van der Waals surface area contributed by atoms with Gasteiger partial charge in [-0.2, -0.15) is 0 Å². The van der Waals surface area contributed by atoms with Crippen molar-refractivity contribution in [3.05, 3.63) is 29.3 Å². The number of likely N-dealkylation sites (tertiary alicyclic amines) is 1. The van der Waals surface area contributed by atoms with Crippen LogP contribution in [0.2, 0.25) is 0 Å². The molecule has 5 nitrogen and oxygen atoms in total. The van der Waals surface area contributed by atoms with Gasteiger partial charge in [0.25, 0.3) is 0 Å². The van der Waals surface area contributed by atoms with E-state index >= 15 is 0 Å². The number of carbonyl (C=O) groups is 1. The maximum Gasteiger partial charge on any atom is 0.339 e. The van der Waals surface area contributed by atoms with E-state index in [4.69, 9.17) is 4.74 Å².